The van der Waals surface area contributed by atoms with Gasteiger partial charge in [-0.3, -0.25) is 14.5 Å². The molecule has 2 fully saturated rings. The molecule has 2 aliphatic heterocycles. The minimum Gasteiger partial charge on any atom is -0.366 e. The second-order valence-corrected chi connectivity index (χ2v) is 13.0. The number of piperidine rings is 1. The van der Waals surface area contributed by atoms with Crippen LogP contribution in [0.5, 0.6) is 0 Å². The van der Waals surface area contributed by atoms with Crippen LogP contribution in [0.3, 0.4) is 0 Å². The highest BCUT2D eigenvalue weighted by molar-refractivity contribution is 5.94. The molecule has 0 aromatic heterocycles. The molecule has 2 N–H and O–H groups in total. The van der Waals surface area contributed by atoms with Gasteiger partial charge in [-0.25, -0.2) is 0 Å². The summed E-state index contributed by atoms with van der Waals surface area (Å²) >= 11 is 0. The van der Waals surface area contributed by atoms with Crippen molar-refractivity contribution in [1.29, 1.82) is 0 Å². The molecular formula is C40H70N4O2. The van der Waals surface area contributed by atoms with Gasteiger partial charge in [0, 0.05) is 55.9 Å². The number of carbonyl (C=O) groups excluding carboxylic acids is 2. The molecule has 1 aromatic rings. The number of allylic oxidation sites excluding steroid dienone is 1. The Morgan fingerprint density at radius 3 is 2.33 bits per heavy atom. The zero-order valence-electron chi connectivity index (χ0n) is 31.0. The largest absolute Gasteiger partial charge is 0.366 e. The Kier molecular flexibility index (Phi) is 21.3. The summed E-state index contributed by atoms with van der Waals surface area (Å²) in [5, 5.41) is 0. The Balaban J connectivity index is 0.000000510. The number of rotatable bonds is 13. The van der Waals surface area contributed by atoms with Crippen LogP contribution in [0.4, 0.5) is 5.69 Å². The average molecular weight is 639 g/mol. The minimum absolute atomic E-state index is 0.357. The number of likely N-dealkylation sites (N-methyl/N-ethyl adjacent to an activating group) is 1. The number of nitrogens with two attached hydrogens (primary N) is 1. The highest BCUT2D eigenvalue weighted by Crippen LogP contribution is 2.46. The summed E-state index contributed by atoms with van der Waals surface area (Å²) in [4.78, 5) is 29.3. The lowest BCUT2D eigenvalue weighted by atomic mass is 9.75. The van der Waals surface area contributed by atoms with Crippen LogP contribution in [0.2, 0.25) is 0 Å². The van der Waals surface area contributed by atoms with E-state index in [1.54, 1.807) is 0 Å². The van der Waals surface area contributed by atoms with Gasteiger partial charge in [0.15, 0.2) is 0 Å². The maximum absolute atomic E-state index is 11.8. The van der Waals surface area contributed by atoms with Crippen molar-refractivity contribution >= 4 is 18.0 Å². The van der Waals surface area contributed by atoms with Gasteiger partial charge in [-0.2, -0.15) is 0 Å². The summed E-state index contributed by atoms with van der Waals surface area (Å²) in [6.45, 7) is 27.0. The van der Waals surface area contributed by atoms with Crippen molar-refractivity contribution in [1.82, 2.24) is 9.80 Å². The number of likely N-dealkylation sites (tertiary alicyclic amines) is 1. The van der Waals surface area contributed by atoms with Gasteiger partial charge in [0.25, 0.3) is 0 Å². The number of nitrogens with zero attached hydrogens (tertiary/aromatic N) is 3. The third kappa shape index (κ3) is 12.5. The number of benzene rings is 1. The highest BCUT2D eigenvalue weighted by Gasteiger charge is 2.40. The van der Waals surface area contributed by atoms with Gasteiger partial charge in [0.1, 0.15) is 0 Å². The smallest absolute Gasteiger partial charge is 0.248 e. The van der Waals surface area contributed by atoms with Crippen LogP contribution >= 0.6 is 0 Å². The van der Waals surface area contributed by atoms with Crippen molar-refractivity contribution < 1.29 is 9.59 Å². The zero-order valence-corrected chi connectivity index (χ0v) is 31.0. The van der Waals surface area contributed by atoms with Crippen molar-refractivity contribution in [3.05, 3.63) is 54.1 Å². The Morgan fingerprint density at radius 2 is 1.76 bits per heavy atom. The molecule has 2 amide bonds. The number of anilines is 1. The fourth-order valence-electron chi connectivity index (χ4n) is 7.38. The lowest BCUT2D eigenvalue weighted by Gasteiger charge is -2.39. The normalized spacial score (nSPS) is 22.3. The van der Waals surface area contributed by atoms with Crippen LogP contribution in [-0.2, 0) is 4.79 Å². The molecule has 1 aliphatic carbocycles. The number of hydrogen-bond donors (Lipinski definition) is 1. The van der Waals surface area contributed by atoms with E-state index < -0.39 is 0 Å². The van der Waals surface area contributed by atoms with Crippen molar-refractivity contribution in [3.63, 3.8) is 0 Å². The fraction of sp³-hybridized carbons (Fsp3) is 0.700. The second kappa shape index (κ2) is 23.7. The summed E-state index contributed by atoms with van der Waals surface area (Å²) in [5.41, 5.74) is 8.76. The molecule has 2 heterocycles. The average Bonchev–Trinajstić information content (AvgIpc) is 3.39. The van der Waals surface area contributed by atoms with E-state index >= 15 is 0 Å². The maximum atomic E-state index is 11.8. The summed E-state index contributed by atoms with van der Waals surface area (Å²) in [5.74, 6) is 2.32. The minimum atomic E-state index is -0.357. The Labute approximate surface area is 283 Å². The number of amides is 2. The summed E-state index contributed by atoms with van der Waals surface area (Å²) in [6.07, 6.45) is 19.1. The first-order valence-electron chi connectivity index (χ1n) is 18.7. The molecule has 46 heavy (non-hydrogen) atoms. The number of primary amides is 1. The standard InChI is InChI=1S/C25H39N3O.C10H17NO.C3H8.C2H6/c1-6-10-12-19(5)24-22(11-7-2)21-14-13-20(25(26)29)18-23(21)28(24)17-16-27(9-4)15-8-3;12-8-11-6-5-9-3-1-2-4-10(9)7-11;1-3-2;1-2/h8,10,12-14,18-19,22,24H,3,6-7,9,11,15-17H2,1-2,4-5H3,(H2,26,29);8-10H,1-7H2;3H2,1-2H3;1-2H3/b12-10-;;;. The number of carbonyl (C=O) groups is 2. The highest BCUT2D eigenvalue weighted by atomic mass is 16.1. The van der Waals surface area contributed by atoms with Gasteiger partial charge in [-0.15, -0.1) is 6.58 Å². The zero-order chi connectivity index (χ0) is 34.5. The molecule has 1 saturated heterocycles. The molecule has 6 heteroatoms. The quantitative estimate of drug-likeness (QED) is 0.173. The van der Waals surface area contributed by atoms with E-state index in [1.807, 2.05) is 37.0 Å². The Hall–Kier alpha value is -2.60. The van der Waals surface area contributed by atoms with E-state index in [0.717, 1.165) is 76.8 Å². The van der Waals surface area contributed by atoms with Crippen molar-refractivity contribution in [3.8, 4) is 0 Å². The molecule has 4 rings (SSSR count). The molecule has 5 unspecified atom stereocenters. The van der Waals surface area contributed by atoms with E-state index in [1.165, 1.54) is 49.8 Å². The predicted molar refractivity (Wildman–Crippen MR) is 200 cm³/mol. The molecular weight excluding hydrogens is 568 g/mol. The number of hydrogen-bond acceptors (Lipinski definition) is 4. The van der Waals surface area contributed by atoms with Gasteiger partial charge >= 0.3 is 0 Å². The number of fused-ring (bicyclic) bond motifs is 2. The van der Waals surface area contributed by atoms with Crippen molar-refractivity contribution in [2.75, 3.05) is 44.2 Å². The fourth-order valence-corrected chi connectivity index (χ4v) is 7.38. The molecule has 262 valence electrons. The van der Waals surface area contributed by atoms with E-state index in [2.05, 4.69) is 76.1 Å². The molecule has 3 aliphatic rings. The molecule has 1 saturated carbocycles. The Morgan fingerprint density at radius 1 is 1.09 bits per heavy atom. The van der Waals surface area contributed by atoms with Gasteiger partial charge < -0.3 is 15.5 Å². The van der Waals surface area contributed by atoms with Crippen LogP contribution < -0.4 is 10.6 Å². The molecule has 0 bridgehead atoms. The first-order valence-corrected chi connectivity index (χ1v) is 18.7. The van der Waals surface area contributed by atoms with Crippen LogP contribution in [0.25, 0.3) is 0 Å². The molecule has 5 atom stereocenters. The van der Waals surface area contributed by atoms with Crippen LogP contribution in [0, 0.1) is 17.8 Å². The molecule has 6 nitrogen and oxygen atoms in total. The van der Waals surface area contributed by atoms with Crippen LogP contribution in [0.1, 0.15) is 135 Å². The van der Waals surface area contributed by atoms with Gasteiger partial charge in [-0.1, -0.05) is 112 Å². The maximum Gasteiger partial charge on any atom is 0.248 e. The predicted octanol–water partition coefficient (Wildman–Crippen LogP) is 9.07. The summed E-state index contributed by atoms with van der Waals surface area (Å²) < 4.78 is 0. The lowest BCUT2D eigenvalue weighted by Crippen LogP contribution is -2.43. The van der Waals surface area contributed by atoms with E-state index in [0.29, 0.717) is 23.4 Å². The summed E-state index contributed by atoms with van der Waals surface area (Å²) in [6, 6.07) is 6.45. The van der Waals surface area contributed by atoms with Crippen molar-refractivity contribution in [2.24, 2.45) is 23.5 Å². The summed E-state index contributed by atoms with van der Waals surface area (Å²) in [7, 11) is 0. The monoisotopic (exact) mass is 639 g/mol. The Bertz CT molecular complexity index is 1020. The van der Waals surface area contributed by atoms with E-state index in [4.69, 9.17) is 5.73 Å². The third-order valence-corrected chi connectivity index (χ3v) is 9.57. The van der Waals surface area contributed by atoms with Crippen molar-refractivity contribution in [2.45, 2.75) is 125 Å². The first-order chi connectivity index (χ1) is 22.3. The van der Waals surface area contributed by atoms with Crippen LogP contribution in [-0.4, -0.2) is 67.4 Å². The van der Waals surface area contributed by atoms with E-state index in [-0.39, 0.29) is 5.91 Å². The van der Waals surface area contributed by atoms with Gasteiger partial charge in [0.05, 0.1) is 0 Å². The molecule has 0 spiro atoms. The SMILES string of the molecule is C=CCN(CC)CCN1c2cc(C(N)=O)ccc2C(CCC)C1C(C)/C=C\CC.CC.CCC.O=CN1CCC2CCCCC2C1. The van der Waals surface area contributed by atoms with Gasteiger partial charge in [0.2, 0.25) is 12.3 Å². The van der Waals surface area contributed by atoms with Gasteiger partial charge in [-0.05, 0) is 67.7 Å². The first kappa shape index (κ1) is 41.4. The lowest BCUT2D eigenvalue weighted by molar-refractivity contribution is -0.120. The molecule has 1 aromatic carbocycles. The topological polar surface area (TPSA) is 69.9 Å². The van der Waals surface area contributed by atoms with Crippen LogP contribution in [0.15, 0.2) is 43.0 Å². The third-order valence-electron chi connectivity index (χ3n) is 9.57. The molecule has 0 radical (unpaired) electrons. The van der Waals surface area contributed by atoms with E-state index in [9.17, 15) is 9.59 Å². The second-order valence-electron chi connectivity index (χ2n) is 13.0.